The van der Waals surface area contributed by atoms with Crippen molar-refractivity contribution in [1.29, 1.82) is 0 Å². The number of esters is 1. The lowest BCUT2D eigenvalue weighted by atomic mass is 9.48. The molecule has 0 spiro atoms. The summed E-state index contributed by atoms with van der Waals surface area (Å²) in [5, 5.41) is 3.96. The van der Waals surface area contributed by atoms with Crippen LogP contribution in [0.2, 0.25) is 0 Å². The van der Waals surface area contributed by atoms with Gasteiger partial charge in [0.15, 0.2) is 6.61 Å². The predicted octanol–water partition coefficient (Wildman–Crippen LogP) is 3.64. The highest BCUT2D eigenvalue weighted by Gasteiger charge is 2.53. The molecule has 1 aromatic rings. The van der Waals surface area contributed by atoms with Crippen LogP contribution in [0, 0.1) is 37.0 Å². The number of aryl methyl sites for hydroxylation is 2. The summed E-state index contributed by atoms with van der Waals surface area (Å²) in [5.41, 5.74) is 0.930. The lowest BCUT2D eigenvalue weighted by molar-refractivity contribution is -0.128. The van der Waals surface area contributed by atoms with E-state index >= 15 is 0 Å². The van der Waals surface area contributed by atoms with Crippen LogP contribution in [-0.4, -0.2) is 29.5 Å². The summed E-state index contributed by atoms with van der Waals surface area (Å²) in [6.45, 7) is 5.57. The maximum absolute atomic E-state index is 12.4. The molecule has 26 heavy (non-hydrogen) atoms. The minimum atomic E-state index is -0.453. The number of ether oxygens (including phenoxy) is 1. The molecule has 5 rings (SSSR count). The van der Waals surface area contributed by atoms with E-state index in [1.165, 1.54) is 49.9 Å². The van der Waals surface area contributed by atoms with Crippen LogP contribution >= 0.6 is 11.3 Å². The number of aromatic nitrogens is 1. The Balaban J connectivity index is 1.32. The number of carbonyl (C=O) groups excluding carboxylic acids is 2. The molecule has 142 valence electrons. The van der Waals surface area contributed by atoms with E-state index < -0.39 is 5.97 Å². The van der Waals surface area contributed by atoms with Crippen LogP contribution in [0.15, 0.2) is 0 Å². The van der Waals surface area contributed by atoms with E-state index in [0.29, 0.717) is 10.6 Å². The van der Waals surface area contributed by atoms with Gasteiger partial charge in [-0.1, -0.05) is 0 Å². The first-order valence-corrected chi connectivity index (χ1v) is 10.6. The predicted molar refractivity (Wildman–Crippen MR) is 100 cm³/mol. The Morgan fingerprint density at radius 2 is 1.77 bits per heavy atom. The van der Waals surface area contributed by atoms with E-state index in [1.54, 1.807) is 6.92 Å². The zero-order chi connectivity index (χ0) is 18.5. The van der Waals surface area contributed by atoms with Gasteiger partial charge in [0, 0.05) is 6.04 Å². The van der Waals surface area contributed by atoms with E-state index in [9.17, 15) is 9.59 Å². The number of nitrogens with zero attached hydrogens (tertiary/aromatic N) is 1. The van der Waals surface area contributed by atoms with Gasteiger partial charge in [-0.25, -0.2) is 9.78 Å². The number of nitrogens with one attached hydrogen (secondary N) is 1. The smallest absolute Gasteiger partial charge is 0.350 e. The lowest BCUT2D eigenvalue weighted by Gasteiger charge is -2.59. The Morgan fingerprint density at radius 3 is 2.27 bits per heavy atom. The van der Waals surface area contributed by atoms with Gasteiger partial charge in [0.25, 0.3) is 5.91 Å². The van der Waals surface area contributed by atoms with Crippen molar-refractivity contribution in [1.82, 2.24) is 10.3 Å². The van der Waals surface area contributed by atoms with Crippen LogP contribution in [0.3, 0.4) is 0 Å². The summed E-state index contributed by atoms with van der Waals surface area (Å²) < 4.78 is 5.22. The van der Waals surface area contributed by atoms with Crippen LogP contribution in [0.1, 0.15) is 65.8 Å². The van der Waals surface area contributed by atoms with Crippen molar-refractivity contribution in [3.8, 4) is 0 Å². The van der Waals surface area contributed by atoms with Crippen LogP contribution in [0.5, 0.6) is 0 Å². The molecule has 4 bridgehead atoms. The van der Waals surface area contributed by atoms with Crippen molar-refractivity contribution in [2.75, 3.05) is 6.61 Å². The maximum Gasteiger partial charge on any atom is 0.350 e. The first-order chi connectivity index (χ1) is 12.3. The number of hydrogen-bond donors (Lipinski definition) is 1. The Bertz CT molecular complexity index is 691. The highest BCUT2D eigenvalue weighted by molar-refractivity contribution is 7.13. The second-order valence-corrected chi connectivity index (χ2v) is 10.00. The van der Waals surface area contributed by atoms with Gasteiger partial charge in [0.1, 0.15) is 4.88 Å². The molecule has 1 aromatic heterocycles. The van der Waals surface area contributed by atoms with Crippen molar-refractivity contribution < 1.29 is 14.3 Å². The molecular weight excluding hydrogens is 348 g/mol. The molecule has 0 unspecified atom stereocenters. The Morgan fingerprint density at radius 1 is 1.19 bits per heavy atom. The monoisotopic (exact) mass is 376 g/mol. The van der Waals surface area contributed by atoms with E-state index in [1.807, 2.05) is 6.92 Å². The fourth-order valence-corrected chi connectivity index (χ4v) is 6.88. The molecule has 1 N–H and O–H groups in total. The SMILES string of the molecule is Cc1nc(C)c(C(=O)OCC(=O)N[C@@H](C)C23CC4CC(CC(C4)C2)C3)s1. The van der Waals surface area contributed by atoms with Gasteiger partial charge in [-0.05, 0) is 82.5 Å². The van der Waals surface area contributed by atoms with E-state index in [-0.39, 0.29) is 24.0 Å². The average molecular weight is 377 g/mol. The maximum atomic E-state index is 12.4. The number of carbonyl (C=O) groups is 2. The molecule has 1 heterocycles. The molecule has 4 aliphatic rings. The van der Waals surface area contributed by atoms with Gasteiger partial charge in [-0.3, -0.25) is 4.79 Å². The third-order valence-electron chi connectivity index (χ3n) is 6.80. The first kappa shape index (κ1) is 18.0. The zero-order valence-corrected chi connectivity index (χ0v) is 16.7. The third-order valence-corrected chi connectivity index (χ3v) is 7.86. The minimum absolute atomic E-state index is 0.148. The summed E-state index contributed by atoms with van der Waals surface area (Å²) in [5.74, 6) is 1.93. The molecule has 4 fully saturated rings. The fourth-order valence-electron chi connectivity index (χ4n) is 6.06. The normalized spacial score (nSPS) is 33.1. The van der Waals surface area contributed by atoms with Gasteiger partial charge in [-0.15, -0.1) is 11.3 Å². The Labute approximate surface area is 158 Å². The van der Waals surface area contributed by atoms with Crippen molar-refractivity contribution in [2.24, 2.45) is 23.2 Å². The summed E-state index contributed by atoms with van der Waals surface area (Å²) in [6.07, 6.45) is 7.93. The van der Waals surface area contributed by atoms with Gasteiger partial charge in [-0.2, -0.15) is 0 Å². The second-order valence-electron chi connectivity index (χ2n) is 8.79. The third kappa shape index (κ3) is 3.28. The van der Waals surface area contributed by atoms with Crippen LogP contribution in [0.25, 0.3) is 0 Å². The van der Waals surface area contributed by atoms with Gasteiger partial charge in [0.05, 0.1) is 10.7 Å². The van der Waals surface area contributed by atoms with Gasteiger partial charge in [0.2, 0.25) is 0 Å². The Hall–Kier alpha value is -1.43. The number of rotatable bonds is 5. The summed E-state index contributed by atoms with van der Waals surface area (Å²) in [6, 6.07) is 0.148. The van der Waals surface area contributed by atoms with Gasteiger partial charge >= 0.3 is 5.97 Å². The van der Waals surface area contributed by atoms with Crippen molar-refractivity contribution in [2.45, 2.75) is 65.3 Å². The number of amides is 1. The van der Waals surface area contributed by atoms with E-state index in [4.69, 9.17) is 4.74 Å². The van der Waals surface area contributed by atoms with Crippen molar-refractivity contribution in [3.63, 3.8) is 0 Å². The first-order valence-electron chi connectivity index (χ1n) is 9.75. The standard InChI is InChI=1S/C20H28N2O3S/c1-11-18(26-13(3)21-11)19(24)25-10-17(23)22-12(2)20-7-14-4-15(8-20)6-16(5-14)9-20/h12,14-16H,4-10H2,1-3H3,(H,22,23)/t12-,14?,15?,16?,20?/m0/s1. The van der Waals surface area contributed by atoms with E-state index in [2.05, 4.69) is 17.2 Å². The van der Waals surface area contributed by atoms with Crippen molar-refractivity contribution in [3.05, 3.63) is 15.6 Å². The molecule has 0 saturated heterocycles. The molecule has 6 heteroatoms. The topological polar surface area (TPSA) is 68.3 Å². The molecule has 1 atom stereocenters. The summed E-state index contributed by atoms with van der Waals surface area (Å²) in [4.78, 5) is 29.3. The van der Waals surface area contributed by atoms with Crippen molar-refractivity contribution >= 4 is 23.2 Å². The van der Waals surface area contributed by atoms with Crippen LogP contribution in [-0.2, 0) is 9.53 Å². The molecule has 5 nitrogen and oxygen atoms in total. The zero-order valence-electron chi connectivity index (χ0n) is 15.8. The number of thiazole rings is 1. The fraction of sp³-hybridized carbons (Fsp3) is 0.750. The molecule has 0 aromatic carbocycles. The Kier molecular flexibility index (Phi) is 4.58. The lowest BCUT2D eigenvalue weighted by Crippen LogP contribution is -2.56. The van der Waals surface area contributed by atoms with Crippen LogP contribution in [0.4, 0.5) is 0 Å². The molecule has 4 saturated carbocycles. The molecular formula is C20H28N2O3S. The highest BCUT2D eigenvalue weighted by atomic mass is 32.1. The molecule has 0 radical (unpaired) electrons. The van der Waals surface area contributed by atoms with Crippen LogP contribution < -0.4 is 5.32 Å². The average Bonchev–Trinajstić information content (AvgIpc) is 2.90. The molecule has 4 aliphatic carbocycles. The highest BCUT2D eigenvalue weighted by Crippen LogP contribution is 2.61. The summed E-state index contributed by atoms with van der Waals surface area (Å²) in [7, 11) is 0. The summed E-state index contributed by atoms with van der Waals surface area (Å²) >= 11 is 1.31. The van der Waals surface area contributed by atoms with Gasteiger partial charge < -0.3 is 10.1 Å². The minimum Gasteiger partial charge on any atom is -0.451 e. The van der Waals surface area contributed by atoms with E-state index in [0.717, 1.165) is 22.8 Å². The quantitative estimate of drug-likeness (QED) is 0.797. The largest absolute Gasteiger partial charge is 0.451 e. The second kappa shape index (κ2) is 6.63. The number of hydrogen-bond acceptors (Lipinski definition) is 5. The molecule has 1 amide bonds. The molecule has 0 aliphatic heterocycles.